The number of carbonyl (C=O) groups excluding carboxylic acids is 2. The molecule has 1 aliphatic heterocycles. The van der Waals surface area contributed by atoms with Crippen molar-refractivity contribution in [2.24, 2.45) is 0 Å². The van der Waals surface area contributed by atoms with Gasteiger partial charge in [-0.05, 0) is 35.4 Å². The first-order valence-corrected chi connectivity index (χ1v) is 13.1. The molecular weight excluding hydrogens is 454 g/mol. The molecule has 0 bridgehead atoms. The summed E-state index contributed by atoms with van der Waals surface area (Å²) in [5.41, 5.74) is 3.84. The Morgan fingerprint density at radius 1 is 0.829 bits per heavy atom. The van der Waals surface area contributed by atoms with Crippen LogP contribution in [0.1, 0.15) is 21.5 Å². The number of carbonyl (C=O) groups is 2. The van der Waals surface area contributed by atoms with Crippen LogP contribution in [-0.2, 0) is 10.5 Å². The van der Waals surface area contributed by atoms with E-state index >= 15 is 0 Å². The van der Waals surface area contributed by atoms with Crippen molar-refractivity contribution >= 4 is 35.3 Å². The van der Waals surface area contributed by atoms with Gasteiger partial charge >= 0.3 is 0 Å². The topological polar surface area (TPSA) is 52.7 Å². The maximum absolute atomic E-state index is 12.9. The van der Waals surface area contributed by atoms with Crippen molar-refractivity contribution in [1.82, 2.24) is 9.80 Å². The third-order valence-electron chi connectivity index (χ3n) is 5.89. The highest BCUT2D eigenvalue weighted by Gasteiger charge is 2.21. The molecule has 1 heterocycles. The van der Waals surface area contributed by atoms with Crippen molar-refractivity contribution < 1.29 is 9.59 Å². The molecule has 0 aliphatic carbocycles. The summed E-state index contributed by atoms with van der Waals surface area (Å²) in [6, 6.07) is 27.5. The summed E-state index contributed by atoms with van der Waals surface area (Å²) in [6.07, 6.45) is 4.34. The number of para-hydroxylation sites is 1. The van der Waals surface area contributed by atoms with Crippen molar-refractivity contribution in [2.45, 2.75) is 5.75 Å². The van der Waals surface area contributed by atoms with E-state index in [0.29, 0.717) is 5.75 Å². The predicted octanol–water partition coefficient (Wildman–Crippen LogP) is 5.03. The van der Waals surface area contributed by atoms with Crippen LogP contribution in [0.3, 0.4) is 0 Å². The highest BCUT2D eigenvalue weighted by Crippen LogP contribution is 2.16. The van der Waals surface area contributed by atoms with Gasteiger partial charge in [-0.1, -0.05) is 72.8 Å². The first-order valence-electron chi connectivity index (χ1n) is 11.9. The maximum atomic E-state index is 12.9. The second-order valence-corrected chi connectivity index (χ2v) is 9.50. The van der Waals surface area contributed by atoms with Crippen LogP contribution in [0, 0.1) is 0 Å². The molecule has 0 unspecified atom stereocenters. The highest BCUT2D eigenvalue weighted by atomic mass is 32.2. The van der Waals surface area contributed by atoms with Gasteiger partial charge in [-0.25, -0.2) is 0 Å². The molecule has 0 aromatic heterocycles. The van der Waals surface area contributed by atoms with E-state index in [1.165, 1.54) is 5.56 Å². The molecule has 5 nitrogen and oxygen atoms in total. The second kappa shape index (κ2) is 12.9. The zero-order valence-electron chi connectivity index (χ0n) is 19.8. The number of amides is 2. The lowest BCUT2D eigenvalue weighted by atomic mass is 10.1. The molecule has 2 amide bonds. The Labute approximate surface area is 211 Å². The van der Waals surface area contributed by atoms with Gasteiger partial charge < -0.3 is 10.2 Å². The standard InChI is InChI=1S/C29H31N3O2S/c33-28(30-27-11-5-2-6-12-27)23-35-22-25-13-15-26(16-14-25)29(34)32-20-18-31(19-21-32)17-7-10-24-8-3-1-4-9-24/h1-16H,17-23H2,(H,30,33)/b10-7+. The fourth-order valence-electron chi connectivity index (χ4n) is 3.94. The molecule has 6 heteroatoms. The average molecular weight is 486 g/mol. The summed E-state index contributed by atoms with van der Waals surface area (Å²) in [5, 5.41) is 2.89. The molecular formula is C29H31N3O2S. The number of hydrogen-bond donors (Lipinski definition) is 1. The minimum Gasteiger partial charge on any atom is -0.336 e. The maximum Gasteiger partial charge on any atom is 0.253 e. The van der Waals surface area contributed by atoms with Crippen LogP contribution in [0.2, 0.25) is 0 Å². The highest BCUT2D eigenvalue weighted by molar-refractivity contribution is 7.99. The molecule has 4 rings (SSSR count). The van der Waals surface area contributed by atoms with E-state index in [9.17, 15) is 9.59 Å². The number of thioether (sulfide) groups is 1. The molecule has 3 aromatic rings. The van der Waals surface area contributed by atoms with Crippen LogP contribution in [0.25, 0.3) is 6.08 Å². The Balaban J connectivity index is 1.17. The van der Waals surface area contributed by atoms with Gasteiger partial charge in [0.05, 0.1) is 5.75 Å². The van der Waals surface area contributed by atoms with Crippen LogP contribution >= 0.6 is 11.8 Å². The Bertz CT molecular complexity index is 1110. The summed E-state index contributed by atoms with van der Waals surface area (Å²) in [4.78, 5) is 29.3. The van der Waals surface area contributed by atoms with Gasteiger partial charge in [-0.2, -0.15) is 0 Å². The molecule has 1 aliphatic rings. The van der Waals surface area contributed by atoms with E-state index < -0.39 is 0 Å². The Morgan fingerprint density at radius 3 is 2.17 bits per heavy atom. The third-order valence-corrected chi connectivity index (χ3v) is 6.90. The summed E-state index contributed by atoms with van der Waals surface area (Å²) in [6.45, 7) is 4.14. The average Bonchev–Trinajstić information content (AvgIpc) is 2.90. The van der Waals surface area contributed by atoms with Crippen molar-refractivity contribution in [2.75, 3.05) is 43.8 Å². The summed E-state index contributed by atoms with van der Waals surface area (Å²) < 4.78 is 0. The quantitative estimate of drug-likeness (QED) is 0.462. The molecule has 1 saturated heterocycles. The van der Waals surface area contributed by atoms with Gasteiger partial charge in [0.1, 0.15) is 0 Å². The Kier molecular flexibility index (Phi) is 9.15. The zero-order valence-corrected chi connectivity index (χ0v) is 20.6. The van der Waals surface area contributed by atoms with Crippen LogP contribution in [0.5, 0.6) is 0 Å². The van der Waals surface area contributed by atoms with E-state index in [2.05, 4.69) is 34.5 Å². The molecule has 0 radical (unpaired) electrons. The SMILES string of the molecule is O=C(CSCc1ccc(C(=O)N2CCN(C/C=C/c3ccccc3)CC2)cc1)Nc1ccccc1. The van der Waals surface area contributed by atoms with E-state index in [1.807, 2.05) is 77.7 Å². The fourth-order valence-corrected chi connectivity index (χ4v) is 4.73. The van der Waals surface area contributed by atoms with Crippen molar-refractivity contribution in [1.29, 1.82) is 0 Å². The zero-order chi connectivity index (χ0) is 24.3. The number of nitrogens with one attached hydrogen (secondary N) is 1. The number of benzene rings is 3. The van der Waals surface area contributed by atoms with Crippen molar-refractivity contribution in [3.63, 3.8) is 0 Å². The minimum atomic E-state index is -0.0114. The Morgan fingerprint density at radius 2 is 1.49 bits per heavy atom. The van der Waals surface area contributed by atoms with Gasteiger partial charge in [-0.15, -0.1) is 11.8 Å². The fraction of sp³-hybridized carbons (Fsp3) is 0.241. The third kappa shape index (κ3) is 7.84. The molecule has 0 atom stereocenters. The molecule has 0 saturated carbocycles. The lowest BCUT2D eigenvalue weighted by Crippen LogP contribution is -2.48. The Hall–Kier alpha value is -3.35. The molecule has 1 N–H and O–H groups in total. The van der Waals surface area contributed by atoms with E-state index in [0.717, 1.165) is 55.3 Å². The van der Waals surface area contributed by atoms with Gasteiger partial charge in [0.2, 0.25) is 5.91 Å². The van der Waals surface area contributed by atoms with Crippen LogP contribution in [0.4, 0.5) is 5.69 Å². The second-order valence-electron chi connectivity index (χ2n) is 8.51. The minimum absolute atomic E-state index is 0.0114. The number of anilines is 1. The van der Waals surface area contributed by atoms with Crippen LogP contribution < -0.4 is 5.32 Å². The van der Waals surface area contributed by atoms with E-state index in [4.69, 9.17) is 0 Å². The van der Waals surface area contributed by atoms with Crippen LogP contribution in [-0.4, -0.2) is 60.1 Å². The summed E-state index contributed by atoms with van der Waals surface area (Å²) in [5.74, 6) is 1.19. The molecule has 35 heavy (non-hydrogen) atoms. The smallest absolute Gasteiger partial charge is 0.253 e. The monoisotopic (exact) mass is 485 g/mol. The largest absolute Gasteiger partial charge is 0.336 e. The molecule has 1 fully saturated rings. The van der Waals surface area contributed by atoms with Gasteiger partial charge in [0.25, 0.3) is 5.91 Å². The number of nitrogens with zero attached hydrogens (tertiary/aromatic N) is 2. The predicted molar refractivity (Wildman–Crippen MR) is 145 cm³/mol. The first-order chi connectivity index (χ1) is 17.2. The van der Waals surface area contributed by atoms with Gasteiger partial charge in [0, 0.05) is 49.7 Å². The van der Waals surface area contributed by atoms with E-state index in [-0.39, 0.29) is 11.8 Å². The van der Waals surface area contributed by atoms with Gasteiger partial charge in [0.15, 0.2) is 0 Å². The molecule has 0 spiro atoms. The normalized spacial score (nSPS) is 14.2. The lowest BCUT2D eigenvalue weighted by Gasteiger charge is -2.34. The summed E-state index contributed by atoms with van der Waals surface area (Å²) >= 11 is 1.56. The first kappa shape index (κ1) is 24.8. The van der Waals surface area contributed by atoms with Crippen molar-refractivity contribution in [3.05, 3.63) is 108 Å². The number of rotatable bonds is 9. The number of piperazine rings is 1. The lowest BCUT2D eigenvalue weighted by molar-refractivity contribution is -0.113. The van der Waals surface area contributed by atoms with Crippen molar-refractivity contribution in [3.8, 4) is 0 Å². The number of hydrogen-bond acceptors (Lipinski definition) is 4. The summed E-state index contributed by atoms with van der Waals surface area (Å²) in [7, 11) is 0. The van der Waals surface area contributed by atoms with E-state index in [1.54, 1.807) is 11.8 Å². The molecule has 3 aromatic carbocycles. The van der Waals surface area contributed by atoms with Crippen LogP contribution in [0.15, 0.2) is 91.0 Å². The molecule has 180 valence electrons. The van der Waals surface area contributed by atoms with Gasteiger partial charge in [-0.3, -0.25) is 14.5 Å².